The summed E-state index contributed by atoms with van der Waals surface area (Å²) in [5.74, 6) is 0.876. The number of halogens is 1. The van der Waals surface area contributed by atoms with Crippen LogP contribution in [-0.4, -0.2) is 45.0 Å². The van der Waals surface area contributed by atoms with Gasteiger partial charge in [0.2, 0.25) is 5.28 Å². The van der Waals surface area contributed by atoms with Gasteiger partial charge in [0.1, 0.15) is 11.0 Å². The van der Waals surface area contributed by atoms with Crippen LogP contribution in [0.2, 0.25) is 5.28 Å². The first-order valence-corrected chi connectivity index (χ1v) is 6.33. The molecule has 2 atom stereocenters. The lowest BCUT2D eigenvalue weighted by atomic mass is 10.2. The lowest BCUT2D eigenvalue weighted by molar-refractivity contribution is 0.0989. The summed E-state index contributed by atoms with van der Waals surface area (Å²) in [5, 5.41) is 4.50. The van der Waals surface area contributed by atoms with Crippen molar-refractivity contribution in [3.05, 3.63) is 11.5 Å². The maximum Gasteiger partial charge on any atom is 0.225 e. The van der Waals surface area contributed by atoms with Gasteiger partial charge < -0.3 is 9.64 Å². The Kier molecular flexibility index (Phi) is 2.07. The zero-order valence-electron chi connectivity index (χ0n) is 9.88. The Bertz CT molecular complexity index is 627. The molecule has 0 aromatic carbocycles. The third kappa shape index (κ3) is 1.36. The van der Waals surface area contributed by atoms with E-state index in [1.807, 2.05) is 7.05 Å². The fraction of sp³-hybridized carbons (Fsp3) is 0.545. The van der Waals surface area contributed by atoms with Crippen LogP contribution >= 0.6 is 11.6 Å². The van der Waals surface area contributed by atoms with Gasteiger partial charge in [0.25, 0.3) is 0 Å². The smallest absolute Gasteiger partial charge is 0.225 e. The number of hydrogen-bond acceptors (Lipinski definition) is 5. The van der Waals surface area contributed by atoms with E-state index in [9.17, 15) is 0 Å². The van der Waals surface area contributed by atoms with Crippen molar-refractivity contribution < 1.29 is 4.74 Å². The summed E-state index contributed by atoms with van der Waals surface area (Å²) in [6.45, 7) is 1.64. The van der Waals surface area contributed by atoms with Crippen LogP contribution in [0.3, 0.4) is 0 Å². The molecule has 18 heavy (non-hydrogen) atoms. The van der Waals surface area contributed by atoms with Gasteiger partial charge in [0.15, 0.2) is 5.82 Å². The molecule has 0 radical (unpaired) electrons. The van der Waals surface area contributed by atoms with Gasteiger partial charge in [-0.1, -0.05) is 0 Å². The van der Waals surface area contributed by atoms with E-state index in [0.717, 1.165) is 36.4 Å². The molecular weight excluding hydrogens is 254 g/mol. The van der Waals surface area contributed by atoms with Crippen molar-refractivity contribution in [2.75, 3.05) is 18.1 Å². The van der Waals surface area contributed by atoms with Crippen LogP contribution in [0.25, 0.3) is 11.0 Å². The molecule has 0 aliphatic carbocycles. The van der Waals surface area contributed by atoms with E-state index in [-0.39, 0.29) is 5.28 Å². The van der Waals surface area contributed by atoms with Crippen molar-refractivity contribution in [3.8, 4) is 0 Å². The first-order valence-electron chi connectivity index (χ1n) is 5.96. The molecule has 2 saturated heterocycles. The topological polar surface area (TPSA) is 56.1 Å². The predicted octanol–water partition coefficient (Wildman–Crippen LogP) is 0.994. The molecule has 2 aromatic heterocycles. The van der Waals surface area contributed by atoms with E-state index in [0.29, 0.717) is 12.1 Å². The van der Waals surface area contributed by atoms with E-state index < -0.39 is 0 Å². The summed E-state index contributed by atoms with van der Waals surface area (Å²) in [4.78, 5) is 10.9. The molecule has 4 rings (SSSR count). The van der Waals surface area contributed by atoms with Crippen LogP contribution in [0.1, 0.15) is 6.42 Å². The average molecular weight is 266 g/mol. The maximum atomic E-state index is 6.00. The number of aromatic nitrogens is 4. The largest absolute Gasteiger partial charge is 0.374 e. The van der Waals surface area contributed by atoms with Crippen LogP contribution in [0.5, 0.6) is 0 Å². The Balaban J connectivity index is 1.91. The fourth-order valence-electron chi connectivity index (χ4n) is 2.89. The summed E-state index contributed by atoms with van der Waals surface area (Å²) in [5.41, 5.74) is 1.73. The van der Waals surface area contributed by atoms with Crippen LogP contribution in [-0.2, 0) is 11.8 Å². The zero-order chi connectivity index (χ0) is 12.3. The van der Waals surface area contributed by atoms with Gasteiger partial charge in [-0.25, -0.2) is 4.98 Å². The molecular formula is C11H12ClN5O. The highest BCUT2D eigenvalue weighted by molar-refractivity contribution is 6.28. The number of anilines is 1. The molecule has 0 unspecified atom stereocenters. The molecule has 2 bridgehead atoms. The summed E-state index contributed by atoms with van der Waals surface area (Å²) < 4.78 is 7.42. The second-order valence-corrected chi connectivity index (χ2v) is 5.15. The summed E-state index contributed by atoms with van der Waals surface area (Å²) in [6.07, 6.45) is 3.12. The Labute approximate surface area is 109 Å². The van der Waals surface area contributed by atoms with Crippen molar-refractivity contribution in [1.29, 1.82) is 0 Å². The second-order valence-electron chi connectivity index (χ2n) is 4.82. The van der Waals surface area contributed by atoms with Gasteiger partial charge in [-0.15, -0.1) is 0 Å². The van der Waals surface area contributed by atoms with Gasteiger partial charge in [0.05, 0.1) is 24.9 Å². The highest BCUT2D eigenvalue weighted by Crippen LogP contribution is 2.35. The first-order chi connectivity index (χ1) is 8.72. The number of ether oxygens (including phenoxy) is 1. The molecule has 2 fully saturated rings. The van der Waals surface area contributed by atoms with Gasteiger partial charge in [-0.2, -0.15) is 10.1 Å². The van der Waals surface area contributed by atoms with Gasteiger partial charge >= 0.3 is 0 Å². The highest BCUT2D eigenvalue weighted by atomic mass is 35.5. The SMILES string of the molecule is Cn1ncc2nc(Cl)nc(N3C[C@H]4C[C@@H]3CO4)c21. The number of rotatable bonds is 1. The van der Waals surface area contributed by atoms with E-state index in [1.54, 1.807) is 10.9 Å². The molecule has 0 spiro atoms. The minimum absolute atomic E-state index is 0.272. The predicted molar refractivity (Wildman–Crippen MR) is 66.8 cm³/mol. The molecule has 2 aromatic rings. The number of morpholine rings is 1. The quantitative estimate of drug-likeness (QED) is 0.720. The molecule has 94 valence electrons. The molecule has 6 nitrogen and oxygen atoms in total. The first kappa shape index (κ1) is 10.5. The van der Waals surface area contributed by atoms with E-state index >= 15 is 0 Å². The Morgan fingerprint density at radius 1 is 1.44 bits per heavy atom. The minimum Gasteiger partial charge on any atom is -0.374 e. The zero-order valence-corrected chi connectivity index (χ0v) is 10.6. The van der Waals surface area contributed by atoms with Crippen molar-refractivity contribution >= 4 is 28.5 Å². The Morgan fingerprint density at radius 3 is 3.06 bits per heavy atom. The average Bonchev–Trinajstić information content (AvgIpc) is 3.04. The lowest BCUT2D eigenvalue weighted by Crippen LogP contribution is -2.37. The van der Waals surface area contributed by atoms with Crippen molar-refractivity contribution in [2.45, 2.75) is 18.6 Å². The fourth-order valence-corrected chi connectivity index (χ4v) is 3.06. The van der Waals surface area contributed by atoms with Crippen molar-refractivity contribution in [3.63, 3.8) is 0 Å². The minimum atomic E-state index is 0.272. The van der Waals surface area contributed by atoms with E-state index in [1.165, 1.54) is 0 Å². The third-order valence-corrected chi connectivity index (χ3v) is 3.88. The molecule has 2 aliphatic heterocycles. The summed E-state index contributed by atoms with van der Waals surface area (Å²) in [7, 11) is 1.90. The molecule has 0 amide bonds. The van der Waals surface area contributed by atoms with Crippen LogP contribution in [0, 0.1) is 0 Å². The normalized spacial score (nSPS) is 26.4. The third-order valence-electron chi connectivity index (χ3n) is 3.71. The van der Waals surface area contributed by atoms with Gasteiger partial charge in [-0.3, -0.25) is 4.68 Å². The molecule has 0 N–H and O–H groups in total. The number of fused-ring (bicyclic) bond motifs is 3. The Morgan fingerprint density at radius 2 is 2.33 bits per heavy atom. The number of nitrogens with zero attached hydrogens (tertiary/aromatic N) is 5. The molecule has 7 heteroatoms. The van der Waals surface area contributed by atoms with Crippen LogP contribution in [0.4, 0.5) is 5.82 Å². The molecule has 2 aliphatic rings. The lowest BCUT2D eigenvalue weighted by Gasteiger charge is -2.28. The van der Waals surface area contributed by atoms with E-state index in [2.05, 4.69) is 20.0 Å². The highest BCUT2D eigenvalue weighted by Gasteiger charge is 2.40. The van der Waals surface area contributed by atoms with Crippen LogP contribution in [0.15, 0.2) is 6.20 Å². The van der Waals surface area contributed by atoms with Gasteiger partial charge in [0, 0.05) is 13.6 Å². The number of aryl methyl sites for hydroxylation is 1. The van der Waals surface area contributed by atoms with Crippen molar-refractivity contribution in [2.24, 2.45) is 7.05 Å². The maximum absolute atomic E-state index is 6.00. The van der Waals surface area contributed by atoms with E-state index in [4.69, 9.17) is 16.3 Å². The molecule has 4 heterocycles. The monoisotopic (exact) mass is 265 g/mol. The van der Waals surface area contributed by atoms with Crippen molar-refractivity contribution in [1.82, 2.24) is 19.7 Å². The molecule has 0 saturated carbocycles. The standard InChI is InChI=1S/C11H12ClN5O/c1-16-9-8(3-13-16)14-11(12)15-10(9)17-4-7-2-6(17)5-18-7/h3,6-7H,2,4-5H2,1H3/t6-,7-/m1/s1. The second kappa shape index (κ2) is 3.55. The summed E-state index contributed by atoms with van der Waals surface area (Å²) >= 11 is 6.00. The summed E-state index contributed by atoms with van der Waals surface area (Å²) in [6, 6.07) is 0.402. The van der Waals surface area contributed by atoms with Crippen LogP contribution < -0.4 is 4.90 Å². The number of hydrogen-bond donors (Lipinski definition) is 0. The van der Waals surface area contributed by atoms with Gasteiger partial charge in [-0.05, 0) is 18.0 Å². The Hall–Kier alpha value is -1.40.